The molecule has 0 aliphatic rings. The highest BCUT2D eigenvalue weighted by Gasteiger charge is 2.00. The molecule has 1 rings (SSSR count). The Morgan fingerprint density at radius 2 is 1.83 bits per heavy atom. The highest BCUT2D eigenvalue weighted by Crippen LogP contribution is 2.05. The first kappa shape index (κ1) is 15.1. The first-order valence-electron chi connectivity index (χ1n) is 6.59. The van der Waals surface area contributed by atoms with Gasteiger partial charge in [-0.05, 0) is 25.0 Å². The Hall–Kier alpha value is -0.940. The fourth-order valence-electron chi connectivity index (χ4n) is 1.67. The average Bonchev–Trinajstić information content (AvgIpc) is 2.36. The van der Waals surface area contributed by atoms with Crippen LogP contribution in [0.2, 0.25) is 0 Å². The summed E-state index contributed by atoms with van der Waals surface area (Å²) in [5.41, 5.74) is 13.8. The monoisotopic (exact) mass is 250 g/mol. The summed E-state index contributed by atoms with van der Waals surface area (Å²) in [7, 11) is 0. The molecule has 102 valence electrons. The summed E-state index contributed by atoms with van der Waals surface area (Å²) < 4.78 is 0. The van der Waals surface area contributed by atoms with Crippen molar-refractivity contribution >= 4 is 0 Å². The molecule has 1 aromatic rings. The van der Waals surface area contributed by atoms with Crippen molar-refractivity contribution in [2.45, 2.75) is 39.0 Å². The Kier molecular flexibility index (Phi) is 6.90. The number of nitrogens with two attached hydrogens (primary N) is 2. The van der Waals surface area contributed by atoms with Gasteiger partial charge >= 0.3 is 0 Å². The number of hydrogen-bond donors (Lipinski definition) is 4. The van der Waals surface area contributed by atoms with Crippen molar-refractivity contribution in [3.8, 4) is 0 Å². The number of rotatable bonds is 8. The normalized spacial score (nSPS) is 14.4. The molecule has 0 radical (unpaired) electrons. The van der Waals surface area contributed by atoms with Gasteiger partial charge in [0.15, 0.2) is 0 Å². The Morgan fingerprint density at radius 1 is 1.17 bits per heavy atom. The van der Waals surface area contributed by atoms with Crippen molar-refractivity contribution in [1.29, 1.82) is 0 Å². The van der Waals surface area contributed by atoms with Crippen LogP contribution in [0.4, 0.5) is 0 Å². The number of hydrogen-bond acceptors (Lipinski definition) is 4. The van der Waals surface area contributed by atoms with E-state index in [0.29, 0.717) is 12.6 Å². The second-order valence-electron chi connectivity index (χ2n) is 4.95. The molecule has 2 atom stereocenters. The van der Waals surface area contributed by atoms with Crippen molar-refractivity contribution in [2.75, 3.05) is 13.1 Å². The minimum atomic E-state index is 0.195. The summed E-state index contributed by atoms with van der Waals surface area (Å²) in [6, 6.07) is 9.11. The molecule has 0 fully saturated rings. The number of benzene rings is 1. The van der Waals surface area contributed by atoms with Crippen LogP contribution in [-0.4, -0.2) is 25.2 Å². The van der Waals surface area contributed by atoms with Gasteiger partial charge in [0, 0.05) is 38.3 Å². The van der Waals surface area contributed by atoms with Gasteiger partial charge in [-0.25, -0.2) is 0 Å². The molecule has 4 heteroatoms. The molecule has 0 heterocycles. The molecule has 0 spiro atoms. The average molecular weight is 250 g/mol. The third-order valence-electron chi connectivity index (χ3n) is 2.80. The lowest BCUT2D eigenvalue weighted by molar-refractivity contribution is 0.555. The third-order valence-corrected chi connectivity index (χ3v) is 2.80. The molecule has 0 saturated heterocycles. The van der Waals surface area contributed by atoms with Gasteiger partial charge in [0.1, 0.15) is 0 Å². The molecular weight excluding hydrogens is 224 g/mol. The highest BCUT2D eigenvalue weighted by atomic mass is 14.9. The smallest absolute Gasteiger partial charge is 0.0208 e. The van der Waals surface area contributed by atoms with Gasteiger partial charge in [-0.2, -0.15) is 0 Å². The fraction of sp³-hybridized carbons (Fsp3) is 0.571. The zero-order valence-corrected chi connectivity index (χ0v) is 11.4. The van der Waals surface area contributed by atoms with E-state index in [1.54, 1.807) is 0 Å². The molecule has 1 aromatic carbocycles. The van der Waals surface area contributed by atoms with E-state index in [1.165, 1.54) is 11.1 Å². The second-order valence-corrected chi connectivity index (χ2v) is 4.95. The Labute approximate surface area is 110 Å². The van der Waals surface area contributed by atoms with E-state index in [4.69, 9.17) is 11.5 Å². The minimum absolute atomic E-state index is 0.195. The van der Waals surface area contributed by atoms with Gasteiger partial charge in [-0.15, -0.1) is 0 Å². The lowest BCUT2D eigenvalue weighted by atomic mass is 10.1. The van der Waals surface area contributed by atoms with E-state index in [1.807, 2.05) is 6.92 Å². The van der Waals surface area contributed by atoms with Gasteiger partial charge in [-0.1, -0.05) is 24.3 Å². The van der Waals surface area contributed by atoms with Gasteiger partial charge in [0.2, 0.25) is 0 Å². The number of nitrogens with one attached hydrogen (secondary N) is 2. The summed E-state index contributed by atoms with van der Waals surface area (Å²) in [5.74, 6) is 0. The van der Waals surface area contributed by atoms with Crippen LogP contribution in [0.3, 0.4) is 0 Å². The van der Waals surface area contributed by atoms with Crippen LogP contribution >= 0.6 is 0 Å². The third kappa shape index (κ3) is 6.12. The highest BCUT2D eigenvalue weighted by molar-refractivity contribution is 5.23. The topological polar surface area (TPSA) is 76.1 Å². The van der Waals surface area contributed by atoms with E-state index < -0.39 is 0 Å². The maximum Gasteiger partial charge on any atom is 0.0208 e. The zero-order valence-electron chi connectivity index (χ0n) is 11.4. The Balaban J connectivity index is 2.41. The van der Waals surface area contributed by atoms with E-state index >= 15 is 0 Å². The van der Waals surface area contributed by atoms with Crippen LogP contribution in [0, 0.1) is 0 Å². The molecule has 0 saturated carbocycles. The van der Waals surface area contributed by atoms with Crippen LogP contribution in [0.5, 0.6) is 0 Å². The standard InChI is InChI=1S/C14H26N4/c1-11(16)8-17-9-13-4-3-5-14(6-13)10-18-12(2)7-15/h3-6,11-12,17-18H,7-10,15-16H2,1-2H3. The quantitative estimate of drug-likeness (QED) is 0.544. The first-order chi connectivity index (χ1) is 8.61. The zero-order chi connectivity index (χ0) is 13.4. The van der Waals surface area contributed by atoms with Crippen molar-refractivity contribution in [3.05, 3.63) is 35.4 Å². The van der Waals surface area contributed by atoms with Crippen molar-refractivity contribution < 1.29 is 0 Å². The predicted octanol–water partition coefficient (Wildman–Crippen LogP) is 0.560. The molecule has 0 aliphatic carbocycles. The second kappa shape index (κ2) is 8.21. The van der Waals surface area contributed by atoms with E-state index in [0.717, 1.165) is 19.6 Å². The minimum Gasteiger partial charge on any atom is -0.329 e. The lowest BCUT2D eigenvalue weighted by Gasteiger charge is -2.12. The summed E-state index contributed by atoms with van der Waals surface area (Å²) in [5, 5.41) is 6.72. The van der Waals surface area contributed by atoms with Crippen LogP contribution in [-0.2, 0) is 13.1 Å². The summed E-state index contributed by atoms with van der Waals surface area (Å²) >= 11 is 0. The van der Waals surface area contributed by atoms with Crippen LogP contribution < -0.4 is 22.1 Å². The molecule has 6 N–H and O–H groups in total. The molecule has 0 aliphatic heterocycles. The molecular formula is C14H26N4. The first-order valence-corrected chi connectivity index (χ1v) is 6.59. The van der Waals surface area contributed by atoms with Crippen LogP contribution in [0.25, 0.3) is 0 Å². The van der Waals surface area contributed by atoms with E-state index in [9.17, 15) is 0 Å². The van der Waals surface area contributed by atoms with Crippen molar-refractivity contribution in [2.24, 2.45) is 11.5 Å². The van der Waals surface area contributed by atoms with Crippen LogP contribution in [0.15, 0.2) is 24.3 Å². The molecule has 18 heavy (non-hydrogen) atoms. The van der Waals surface area contributed by atoms with Crippen LogP contribution in [0.1, 0.15) is 25.0 Å². The fourth-order valence-corrected chi connectivity index (χ4v) is 1.67. The molecule has 4 nitrogen and oxygen atoms in total. The Morgan fingerprint density at radius 3 is 2.44 bits per heavy atom. The molecule has 0 amide bonds. The van der Waals surface area contributed by atoms with Gasteiger partial charge in [-0.3, -0.25) is 0 Å². The summed E-state index contributed by atoms with van der Waals surface area (Å²) in [4.78, 5) is 0. The van der Waals surface area contributed by atoms with Crippen molar-refractivity contribution in [1.82, 2.24) is 10.6 Å². The summed E-state index contributed by atoms with van der Waals surface area (Å²) in [6.45, 7) is 7.32. The maximum atomic E-state index is 5.70. The maximum absolute atomic E-state index is 5.70. The molecule has 2 unspecified atom stereocenters. The van der Waals surface area contributed by atoms with Gasteiger partial charge < -0.3 is 22.1 Å². The van der Waals surface area contributed by atoms with E-state index in [-0.39, 0.29) is 6.04 Å². The molecule has 0 bridgehead atoms. The van der Waals surface area contributed by atoms with Gasteiger partial charge in [0.05, 0.1) is 0 Å². The van der Waals surface area contributed by atoms with E-state index in [2.05, 4.69) is 41.8 Å². The molecule has 0 aromatic heterocycles. The van der Waals surface area contributed by atoms with Gasteiger partial charge in [0.25, 0.3) is 0 Å². The SMILES string of the molecule is CC(N)CNCc1cccc(CNC(C)CN)c1. The summed E-state index contributed by atoms with van der Waals surface area (Å²) in [6.07, 6.45) is 0. The lowest BCUT2D eigenvalue weighted by Crippen LogP contribution is -2.32. The predicted molar refractivity (Wildman–Crippen MR) is 77.2 cm³/mol. The van der Waals surface area contributed by atoms with Crippen molar-refractivity contribution in [3.63, 3.8) is 0 Å². The largest absolute Gasteiger partial charge is 0.329 e. The Bertz CT molecular complexity index is 338.